The summed E-state index contributed by atoms with van der Waals surface area (Å²) < 4.78 is 5.07. The van der Waals surface area contributed by atoms with Crippen LogP contribution >= 0.6 is 0 Å². The molecule has 1 aromatic heterocycles. The maximum atomic E-state index is 13.3. The van der Waals surface area contributed by atoms with Gasteiger partial charge in [-0.2, -0.15) is 0 Å². The molecule has 1 atom stereocenters. The Morgan fingerprint density at radius 2 is 1.45 bits per heavy atom. The quantitative estimate of drug-likeness (QED) is 0.310. The van der Waals surface area contributed by atoms with E-state index in [4.69, 9.17) is 4.74 Å². The summed E-state index contributed by atoms with van der Waals surface area (Å²) in [6, 6.07) is 26.6. The Morgan fingerprint density at radius 3 is 2.12 bits per heavy atom. The number of hydrogen-bond donors (Lipinski definition) is 1. The molecule has 5 heteroatoms. The van der Waals surface area contributed by atoms with Crippen LogP contribution in [-0.4, -0.2) is 30.0 Å². The van der Waals surface area contributed by atoms with Crippen LogP contribution in [0.1, 0.15) is 15.9 Å². The first kappa shape index (κ1) is 20.6. The number of carbonyl (C=O) groups is 2. The molecule has 0 radical (unpaired) electrons. The van der Waals surface area contributed by atoms with Crippen molar-refractivity contribution < 1.29 is 14.3 Å². The number of esters is 1. The molecule has 33 heavy (non-hydrogen) atoms. The minimum absolute atomic E-state index is 0.309. The number of aromatic nitrogens is 1. The fourth-order valence-electron chi connectivity index (χ4n) is 4.40. The molecule has 1 N–H and O–H groups in total. The third kappa shape index (κ3) is 3.89. The van der Waals surface area contributed by atoms with E-state index in [2.05, 4.69) is 28.5 Å². The fraction of sp³-hybridized carbons (Fsp3) is 0.107. The van der Waals surface area contributed by atoms with Crippen LogP contribution in [0.2, 0.25) is 0 Å². The number of methoxy groups -OCH3 is 1. The van der Waals surface area contributed by atoms with Gasteiger partial charge in [0, 0.05) is 18.0 Å². The van der Waals surface area contributed by atoms with Gasteiger partial charge in [0.2, 0.25) is 0 Å². The highest BCUT2D eigenvalue weighted by molar-refractivity contribution is 6.07. The van der Waals surface area contributed by atoms with Crippen molar-refractivity contribution in [3.63, 3.8) is 0 Å². The SMILES string of the molecule is COC(=O)[C@@H](Cc1c2ccccc2cc2ccccc12)NC(=O)c1ccnc2ccccc12. The molecular formula is C28H22N2O3. The second-order valence-electron chi connectivity index (χ2n) is 7.93. The zero-order chi connectivity index (χ0) is 22.8. The van der Waals surface area contributed by atoms with Gasteiger partial charge < -0.3 is 10.1 Å². The Hall–Kier alpha value is -4.25. The van der Waals surface area contributed by atoms with Crippen molar-refractivity contribution in [2.45, 2.75) is 12.5 Å². The number of rotatable bonds is 5. The molecule has 0 aliphatic rings. The Morgan fingerprint density at radius 1 is 0.848 bits per heavy atom. The summed E-state index contributed by atoms with van der Waals surface area (Å²) in [5, 5.41) is 7.91. The average Bonchev–Trinajstić information content (AvgIpc) is 2.87. The Bertz CT molecular complexity index is 1450. The largest absolute Gasteiger partial charge is 0.467 e. The van der Waals surface area contributed by atoms with Gasteiger partial charge in [-0.15, -0.1) is 0 Å². The highest BCUT2D eigenvalue weighted by atomic mass is 16.5. The van der Waals surface area contributed by atoms with Gasteiger partial charge >= 0.3 is 5.97 Å². The first-order valence-corrected chi connectivity index (χ1v) is 10.8. The lowest BCUT2D eigenvalue weighted by atomic mass is 9.92. The zero-order valence-corrected chi connectivity index (χ0v) is 18.1. The first-order chi connectivity index (χ1) is 16.2. The zero-order valence-electron chi connectivity index (χ0n) is 18.1. The van der Waals surface area contributed by atoms with Crippen LogP contribution in [0.25, 0.3) is 32.4 Å². The van der Waals surface area contributed by atoms with Crippen molar-refractivity contribution in [3.8, 4) is 0 Å². The monoisotopic (exact) mass is 434 g/mol. The number of nitrogens with one attached hydrogen (secondary N) is 1. The predicted octanol–water partition coefficient (Wildman–Crippen LogP) is 5.06. The standard InChI is InChI=1S/C28H22N2O3/c1-33-28(32)26(30-27(31)23-14-15-29-25-13-7-6-12-22(23)25)17-24-20-10-4-2-8-18(20)16-19-9-3-5-11-21(19)24/h2-16,26H,17H2,1H3,(H,30,31)/t26-/m1/s1. The Balaban J connectivity index is 1.56. The number of pyridine rings is 1. The summed E-state index contributed by atoms with van der Waals surface area (Å²) in [6.45, 7) is 0. The molecule has 5 nitrogen and oxygen atoms in total. The van der Waals surface area contributed by atoms with Crippen molar-refractivity contribution in [1.82, 2.24) is 10.3 Å². The number of nitrogens with zero attached hydrogens (tertiary/aromatic N) is 1. The molecule has 0 bridgehead atoms. The highest BCUT2D eigenvalue weighted by Gasteiger charge is 2.25. The van der Waals surface area contributed by atoms with Crippen LogP contribution in [0.5, 0.6) is 0 Å². The van der Waals surface area contributed by atoms with Crippen LogP contribution in [0.3, 0.4) is 0 Å². The van der Waals surface area contributed by atoms with Gasteiger partial charge in [0.25, 0.3) is 5.91 Å². The van der Waals surface area contributed by atoms with Gasteiger partial charge in [0.05, 0.1) is 18.2 Å². The van der Waals surface area contributed by atoms with E-state index in [0.717, 1.165) is 38.0 Å². The molecule has 4 aromatic carbocycles. The van der Waals surface area contributed by atoms with Crippen molar-refractivity contribution in [2.24, 2.45) is 0 Å². The number of fused-ring (bicyclic) bond motifs is 3. The smallest absolute Gasteiger partial charge is 0.328 e. The van der Waals surface area contributed by atoms with Gasteiger partial charge in [0.1, 0.15) is 6.04 Å². The molecular weight excluding hydrogens is 412 g/mol. The highest BCUT2D eigenvalue weighted by Crippen LogP contribution is 2.29. The number of ether oxygens (including phenoxy) is 1. The van der Waals surface area contributed by atoms with Gasteiger partial charge in [-0.25, -0.2) is 4.79 Å². The van der Waals surface area contributed by atoms with E-state index >= 15 is 0 Å². The van der Waals surface area contributed by atoms with E-state index in [0.29, 0.717) is 12.0 Å². The van der Waals surface area contributed by atoms with Crippen LogP contribution in [-0.2, 0) is 16.0 Å². The summed E-state index contributed by atoms with van der Waals surface area (Å²) in [5.74, 6) is -0.827. The molecule has 5 rings (SSSR count). The lowest BCUT2D eigenvalue weighted by molar-refractivity contribution is -0.142. The summed E-state index contributed by atoms with van der Waals surface area (Å²) >= 11 is 0. The summed E-state index contributed by atoms with van der Waals surface area (Å²) in [6.07, 6.45) is 1.91. The van der Waals surface area contributed by atoms with E-state index in [9.17, 15) is 9.59 Å². The molecule has 162 valence electrons. The minimum atomic E-state index is -0.844. The number of hydrogen-bond acceptors (Lipinski definition) is 4. The lowest BCUT2D eigenvalue weighted by Crippen LogP contribution is -2.43. The molecule has 0 fully saturated rings. The van der Waals surface area contributed by atoms with Gasteiger partial charge in [-0.3, -0.25) is 9.78 Å². The Kier molecular flexibility index (Phi) is 5.45. The van der Waals surface area contributed by atoms with E-state index < -0.39 is 12.0 Å². The second kappa shape index (κ2) is 8.71. The minimum Gasteiger partial charge on any atom is -0.467 e. The molecule has 0 spiro atoms. The molecule has 0 aliphatic heterocycles. The molecule has 1 amide bonds. The second-order valence-corrected chi connectivity index (χ2v) is 7.93. The van der Waals surface area contributed by atoms with Crippen LogP contribution in [0.15, 0.2) is 91.1 Å². The summed E-state index contributed by atoms with van der Waals surface area (Å²) in [5.41, 5.74) is 2.19. The van der Waals surface area contributed by atoms with Gasteiger partial charge in [0.15, 0.2) is 0 Å². The van der Waals surface area contributed by atoms with Gasteiger partial charge in [-0.05, 0) is 45.3 Å². The topological polar surface area (TPSA) is 68.3 Å². The third-order valence-electron chi connectivity index (χ3n) is 5.98. The summed E-state index contributed by atoms with van der Waals surface area (Å²) in [7, 11) is 1.34. The molecule has 0 unspecified atom stereocenters. The number of benzene rings is 4. The number of para-hydroxylation sites is 1. The van der Waals surface area contributed by atoms with Crippen molar-refractivity contribution in [2.75, 3.05) is 7.11 Å². The van der Waals surface area contributed by atoms with Gasteiger partial charge in [-0.1, -0.05) is 66.7 Å². The number of carbonyl (C=O) groups excluding carboxylic acids is 2. The molecule has 5 aromatic rings. The molecule has 1 heterocycles. The van der Waals surface area contributed by atoms with E-state index in [-0.39, 0.29) is 5.91 Å². The van der Waals surface area contributed by atoms with E-state index in [1.165, 1.54) is 7.11 Å². The van der Waals surface area contributed by atoms with Crippen molar-refractivity contribution in [3.05, 3.63) is 102 Å². The van der Waals surface area contributed by atoms with Crippen LogP contribution in [0, 0.1) is 0 Å². The van der Waals surface area contributed by atoms with Crippen LogP contribution in [0.4, 0.5) is 0 Å². The average molecular weight is 434 g/mol. The molecule has 0 saturated heterocycles. The Labute approximate surface area is 191 Å². The maximum absolute atomic E-state index is 13.3. The fourth-order valence-corrected chi connectivity index (χ4v) is 4.40. The summed E-state index contributed by atoms with van der Waals surface area (Å²) in [4.78, 5) is 30.3. The van der Waals surface area contributed by atoms with E-state index in [1.54, 1.807) is 12.3 Å². The predicted molar refractivity (Wildman–Crippen MR) is 130 cm³/mol. The van der Waals surface area contributed by atoms with Crippen molar-refractivity contribution >= 4 is 44.3 Å². The maximum Gasteiger partial charge on any atom is 0.328 e. The third-order valence-corrected chi connectivity index (χ3v) is 5.98. The molecule has 0 saturated carbocycles. The first-order valence-electron chi connectivity index (χ1n) is 10.8. The number of amides is 1. The normalized spacial score (nSPS) is 12.0. The molecule has 0 aliphatic carbocycles. The lowest BCUT2D eigenvalue weighted by Gasteiger charge is -2.20. The van der Waals surface area contributed by atoms with Crippen LogP contribution < -0.4 is 5.32 Å². The van der Waals surface area contributed by atoms with E-state index in [1.807, 2.05) is 60.7 Å². The van der Waals surface area contributed by atoms with Crippen molar-refractivity contribution in [1.29, 1.82) is 0 Å².